The van der Waals surface area contributed by atoms with Gasteiger partial charge in [-0.1, -0.05) is 31.4 Å². The van der Waals surface area contributed by atoms with Gasteiger partial charge >= 0.3 is 0 Å². The monoisotopic (exact) mass is 311 g/mol. The van der Waals surface area contributed by atoms with Crippen molar-refractivity contribution in [1.29, 1.82) is 0 Å². The first-order valence-electron chi connectivity index (χ1n) is 7.62. The molecule has 2 N–H and O–H groups in total. The third-order valence-electron chi connectivity index (χ3n) is 4.25. The number of aliphatic hydroxyl groups excluding tert-OH is 1. The Morgan fingerprint density at radius 3 is 2.38 bits per heavy atom. The second kappa shape index (κ2) is 6.90. The summed E-state index contributed by atoms with van der Waals surface area (Å²) in [6.45, 7) is 2.05. The first kappa shape index (κ1) is 16.5. The van der Waals surface area contributed by atoms with Gasteiger partial charge in [0.1, 0.15) is 0 Å². The largest absolute Gasteiger partial charge is 0.392 e. The average Bonchev–Trinajstić information content (AvgIpc) is 2.63. The Kier molecular flexibility index (Phi) is 5.41. The summed E-state index contributed by atoms with van der Waals surface area (Å²) in [6, 6.07) is 7.20. The standard InChI is InChI=1S/C16H25NO3S/c1-12(17-15-6-4-3-5-7-16(15)18)13-8-10-14(11-9-13)21(2,19)20/h8-12,15-18H,3-7H2,1-2H3. The number of hydrogen-bond donors (Lipinski definition) is 2. The molecule has 118 valence electrons. The van der Waals surface area contributed by atoms with Crippen LogP contribution >= 0.6 is 0 Å². The van der Waals surface area contributed by atoms with Gasteiger partial charge in [0.2, 0.25) is 0 Å². The van der Waals surface area contributed by atoms with Crippen LogP contribution in [0.25, 0.3) is 0 Å². The topological polar surface area (TPSA) is 66.4 Å². The number of nitrogens with one attached hydrogen (secondary N) is 1. The van der Waals surface area contributed by atoms with E-state index in [1.54, 1.807) is 12.1 Å². The molecule has 0 aliphatic heterocycles. The van der Waals surface area contributed by atoms with Gasteiger partial charge < -0.3 is 10.4 Å². The highest BCUT2D eigenvalue weighted by molar-refractivity contribution is 7.90. The highest BCUT2D eigenvalue weighted by Gasteiger charge is 2.23. The molecule has 0 amide bonds. The first-order chi connectivity index (χ1) is 9.88. The van der Waals surface area contributed by atoms with Gasteiger partial charge in [-0.15, -0.1) is 0 Å². The second-order valence-corrected chi connectivity index (χ2v) is 8.06. The van der Waals surface area contributed by atoms with Crippen LogP contribution in [-0.4, -0.2) is 31.9 Å². The van der Waals surface area contributed by atoms with E-state index in [1.807, 2.05) is 19.1 Å². The van der Waals surface area contributed by atoms with E-state index in [0.717, 1.165) is 31.2 Å². The molecule has 1 aromatic rings. The van der Waals surface area contributed by atoms with E-state index in [0.29, 0.717) is 4.90 Å². The molecule has 1 aliphatic carbocycles. The predicted molar refractivity (Wildman–Crippen MR) is 84.0 cm³/mol. The zero-order chi connectivity index (χ0) is 15.5. The van der Waals surface area contributed by atoms with Gasteiger partial charge in [-0.3, -0.25) is 0 Å². The minimum atomic E-state index is -3.15. The number of benzene rings is 1. The third kappa shape index (κ3) is 4.53. The summed E-state index contributed by atoms with van der Waals surface area (Å²) in [5.74, 6) is 0. The first-order valence-corrected chi connectivity index (χ1v) is 9.51. The van der Waals surface area contributed by atoms with Crippen LogP contribution in [0, 0.1) is 0 Å². The zero-order valence-corrected chi connectivity index (χ0v) is 13.6. The highest BCUT2D eigenvalue weighted by Crippen LogP contribution is 2.22. The highest BCUT2D eigenvalue weighted by atomic mass is 32.2. The number of sulfone groups is 1. The minimum absolute atomic E-state index is 0.0939. The van der Waals surface area contributed by atoms with Crippen molar-refractivity contribution in [1.82, 2.24) is 5.32 Å². The van der Waals surface area contributed by atoms with Crippen molar-refractivity contribution in [2.45, 2.75) is 62.1 Å². The van der Waals surface area contributed by atoms with Crippen LogP contribution in [0.5, 0.6) is 0 Å². The molecule has 1 aromatic carbocycles. The molecule has 1 aliphatic rings. The lowest BCUT2D eigenvalue weighted by atomic mass is 10.0. The molecule has 1 fully saturated rings. The Morgan fingerprint density at radius 2 is 1.76 bits per heavy atom. The van der Waals surface area contributed by atoms with Crippen LogP contribution < -0.4 is 5.32 Å². The molecule has 0 saturated heterocycles. The summed E-state index contributed by atoms with van der Waals surface area (Å²) in [5, 5.41) is 13.6. The molecule has 1 saturated carbocycles. The molecule has 0 bridgehead atoms. The molecular weight excluding hydrogens is 286 g/mol. The normalized spacial score (nSPS) is 25.3. The Labute approximate surface area is 127 Å². The smallest absolute Gasteiger partial charge is 0.175 e. The van der Waals surface area contributed by atoms with E-state index in [4.69, 9.17) is 0 Å². The Morgan fingerprint density at radius 1 is 1.14 bits per heavy atom. The van der Waals surface area contributed by atoms with Gasteiger partial charge in [-0.05, 0) is 37.5 Å². The minimum Gasteiger partial charge on any atom is -0.392 e. The van der Waals surface area contributed by atoms with Gasteiger partial charge in [-0.25, -0.2) is 8.42 Å². The molecule has 21 heavy (non-hydrogen) atoms. The molecule has 0 aromatic heterocycles. The van der Waals surface area contributed by atoms with E-state index in [2.05, 4.69) is 5.32 Å². The van der Waals surface area contributed by atoms with Gasteiger partial charge in [0.05, 0.1) is 11.0 Å². The fraction of sp³-hybridized carbons (Fsp3) is 0.625. The lowest BCUT2D eigenvalue weighted by molar-refractivity contribution is 0.115. The molecular formula is C16H25NO3S. The van der Waals surface area contributed by atoms with Crippen molar-refractivity contribution in [2.24, 2.45) is 0 Å². The Bertz CT molecular complexity index is 553. The molecule has 0 heterocycles. The van der Waals surface area contributed by atoms with Gasteiger partial charge in [0, 0.05) is 18.3 Å². The van der Waals surface area contributed by atoms with Gasteiger partial charge in [0.25, 0.3) is 0 Å². The fourth-order valence-corrected chi connectivity index (χ4v) is 3.53. The Balaban J connectivity index is 2.04. The molecule has 4 nitrogen and oxygen atoms in total. The van der Waals surface area contributed by atoms with Crippen molar-refractivity contribution < 1.29 is 13.5 Å². The molecule has 3 unspecified atom stereocenters. The summed E-state index contributed by atoms with van der Waals surface area (Å²) in [4.78, 5) is 0.341. The number of hydrogen-bond acceptors (Lipinski definition) is 4. The molecule has 3 atom stereocenters. The van der Waals surface area contributed by atoms with Crippen molar-refractivity contribution >= 4 is 9.84 Å². The van der Waals surface area contributed by atoms with E-state index in [1.165, 1.54) is 12.7 Å². The van der Waals surface area contributed by atoms with Crippen LogP contribution in [0.15, 0.2) is 29.2 Å². The van der Waals surface area contributed by atoms with E-state index < -0.39 is 9.84 Å². The van der Waals surface area contributed by atoms with E-state index in [9.17, 15) is 13.5 Å². The predicted octanol–water partition coefficient (Wildman–Crippen LogP) is 2.43. The fourth-order valence-electron chi connectivity index (χ4n) is 2.90. The van der Waals surface area contributed by atoms with E-state index >= 15 is 0 Å². The SMILES string of the molecule is CC(NC1CCCCCC1O)c1ccc(S(C)(=O)=O)cc1. The zero-order valence-electron chi connectivity index (χ0n) is 12.7. The molecule has 2 rings (SSSR count). The van der Waals surface area contributed by atoms with Crippen molar-refractivity contribution in [3.8, 4) is 0 Å². The summed E-state index contributed by atoms with van der Waals surface area (Å²) in [6.07, 6.45) is 6.21. The van der Waals surface area contributed by atoms with Crippen LogP contribution in [0.4, 0.5) is 0 Å². The quantitative estimate of drug-likeness (QED) is 0.838. The lowest BCUT2D eigenvalue weighted by Crippen LogP contribution is -2.40. The van der Waals surface area contributed by atoms with Crippen LogP contribution in [0.2, 0.25) is 0 Å². The maximum absolute atomic E-state index is 11.5. The van der Waals surface area contributed by atoms with Crippen LogP contribution in [-0.2, 0) is 9.84 Å². The molecule has 5 heteroatoms. The average molecular weight is 311 g/mol. The number of aliphatic hydroxyl groups is 1. The third-order valence-corrected chi connectivity index (χ3v) is 5.38. The molecule has 0 radical (unpaired) electrons. The summed E-state index contributed by atoms with van der Waals surface area (Å²) in [7, 11) is -3.15. The number of rotatable bonds is 4. The van der Waals surface area contributed by atoms with Gasteiger partial charge in [0.15, 0.2) is 9.84 Å². The summed E-state index contributed by atoms with van der Waals surface area (Å²) < 4.78 is 22.9. The summed E-state index contributed by atoms with van der Waals surface area (Å²) >= 11 is 0. The maximum atomic E-state index is 11.5. The Hall–Kier alpha value is -0.910. The van der Waals surface area contributed by atoms with Crippen molar-refractivity contribution in [3.05, 3.63) is 29.8 Å². The lowest BCUT2D eigenvalue weighted by Gasteiger charge is -2.26. The van der Waals surface area contributed by atoms with E-state index in [-0.39, 0.29) is 18.2 Å². The van der Waals surface area contributed by atoms with Gasteiger partial charge in [-0.2, -0.15) is 0 Å². The summed E-state index contributed by atoms with van der Waals surface area (Å²) in [5.41, 5.74) is 1.04. The van der Waals surface area contributed by atoms with Crippen molar-refractivity contribution in [3.63, 3.8) is 0 Å². The second-order valence-electron chi connectivity index (χ2n) is 6.04. The van der Waals surface area contributed by atoms with Crippen molar-refractivity contribution in [2.75, 3.05) is 6.26 Å². The van der Waals surface area contributed by atoms with Crippen LogP contribution in [0.1, 0.15) is 50.6 Å². The molecule has 0 spiro atoms. The van der Waals surface area contributed by atoms with Crippen LogP contribution in [0.3, 0.4) is 0 Å². The maximum Gasteiger partial charge on any atom is 0.175 e.